The number of aryl methyl sites for hydroxylation is 1. The van der Waals surface area contributed by atoms with Crippen LogP contribution in [0, 0.1) is 0 Å². The number of para-hydroxylation sites is 1. The van der Waals surface area contributed by atoms with Gasteiger partial charge in [0.05, 0.1) is 17.4 Å². The predicted octanol–water partition coefficient (Wildman–Crippen LogP) is 2.12. The number of aromatic nitrogens is 1. The minimum atomic E-state index is -0.603. The summed E-state index contributed by atoms with van der Waals surface area (Å²) in [4.78, 5) is 15.2. The third-order valence-corrected chi connectivity index (χ3v) is 2.74. The minimum absolute atomic E-state index is 0.207. The van der Waals surface area contributed by atoms with Crippen molar-refractivity contribution in [1.82, 2.24) is 4.98 Å². The lowest BCUT2D eigenvalue weighted by atomic mass is 10.1. The van der Waals surface area contributed by atoms with Gasteiger partial charge in [0.1, 0.15) is 5.75 Å². The highest BCUT2D eigenvalue weighted by molar-refractivity contribution is 5.98. The maximum absolute atomic E-state index is 11.2. The predicted molar refractivity (Wildman–Crippen MR) is 73.1 cm³/mol. The Hall–Kier alpha value is -2.56. The average molecular weight is 257 g/mol. The number of benzene rings is 1. The zero-order valence-electron chi connectivity index (χ0n) is 10.6. The first-order valence-corrected chi connectivity index (χ1v) is 5.93. The molecule has 98 valence electrons. The number of hydrogen-bond acceptors (Lipinski definition) is 4. The van der Waals surface area contributed by atoms with E-state index in [4.69, 9.17) is 16.2 Å². The highest BCUT2D eigenvalue weighted by Gasteiger charge is 2.10. The quantitative estimate of drug-likeness (QED) is 0.877. The average Bonchev–Trinajstić information content (AvgIpc) is 2.41. The fourth-order valence-corrected chi connectivity index (χ4v) is 1.72. The van der Waals surface area contributed by atoms with E-state index in [-0.39, 0.29) is 11.3 Å². The molecule has 0 atom stereocenters. The van der Waals surface area contributed by atoms with Crippen LogP contribution in [0.4, 0.5) is 5.69 Å². The van der Waals surface area contributed by atoms with E-state index in [2.05, 4.69) is 4.98 Å². The van der Waals surface area contributed by atoms with Crippen molar-refractivity contribution in [3.05, 3.63) is 47.7 Å². The fraction of sp³-hybridized carbons (Fsp3) is 0.143. The SMILES string of the molecule is CCc1ccccc1Oc1cc(C(N)=O)c(N)cn1. The van der Waals surface area contributed by atoms with E-state index in [9.17, 15) is 4.79 Å². The molecule has 0 radical (unpaired) electrons. The Balaban J connectivity index is 2.33. The summed E-state index contributed by atoms with van der Waals surface area (Å²) in [6.45, 7) is 2.04. The van der Waals surface area contributed by atoms with E-state index < -0.39 is 5.91 Å². The van der Waals surface area contributed by atoms with Crippen LogP contribution >= 0.6 is 0 Å². The first-order valence-electron chi connectivity index (χ1n) is 5.93. The van der Waals surface area contributed by atoms with Gasteiger partial charge in [-0.15, -0.1) is 0 Å². The Morgan fingerprint density at radius 2 is 2.11 bits per heavy atom. The molecule has 0 unspecified atom stereocenters. The number of carbonyl (C=O) groups is 1. The highest BCUT2D eigenvalue weighted by Crippen LogP contribution is 2.25. The van der Waals surface area contributed by atoms with Gasteiger partial charge >= 0.3 is 0 Å². The number of ether oxygens (including phenoxy) is 1. The first kappa shape index (κ1) is 12.9. The lowest BCUT2D eigenvalue weighted by molar-refractivity contribution is 0.100. The molecule has 1 heterocycles. The van der Waals surface area contributed by atoms with Crippen molar-refractivity contribution in [1.29, 1.82) is 0 Å². The van der Waals surface area contributed by atoms with Gasteiger partial charge in [0, 0.05) is 6.07 Å². The molecule has 0 aliphatic heterocycles. The van der Waals surface area contributed by atoms with Crippen molar-refractivity contribution in [2.75, 3.05) is 5.73 Å². The van der Waals surface area contributed by atoms with Crippen LogP contribution in [0.1, 0.15) is 22.8 Å². The van der Waals surface area contributed by atoms with Crippen molar-refractivity contribution in [3.8, 4) is 11.6 Å². The molecule has 1 amide bonds. The van der Waals surface area contributed by atoms with E-state index in [1.165, 1.54) is 12.3 Å². The van der Waals surface area contributed by atoms with Gasteiger partial charge in [-0.3, -0.25) is 4.79 Å². The lowest BCUT2D eigenvalue weighted by Crippen LogP contribution is -2.14. The van der Waals surface area contributed by atoms with Crippen molar-refractivity contribution in [3.63, 3.8) is 0 Å². The third-order valence-electron chi connectivity index (χ3n) is 2.74. The zero-order valence-corrected chi connectivity index (χ0v) is 10.6. The Labute approximate surface area is 111 Å². The second-order valence-corrected chi connectivity index (χ2v) is 4.04. The van der Waals surface area contributed by atoms with Crippen LogP contribution in [0.25, 0.3) is 0 Å². The summed E-state index contributed by atoms with van der Waals surface area (Å²) in [5.41, 5.74) is 12.4. The molecule has 0 spiro atoms. The van der Waals surface area contributed by atoms with Crippen molar-refractivity contribution >= 4 is 11.6 Å². The van der Waals surface area contributed by atoms with Crippen LogP contribution in [-0.4, -0.2) is 10.9 Å². The molecular formula is C14H15N3O2. The maximum Gasteiger partial charge on any atom is 0.251 e. The third kappa shape index (κ3) is 2.82. The molecular weight excluding hydrogens is 242 g/mol. The molecule has 2 rings (SSSR count). The van der Waals surface area contributed by atoms with Crippen LogP contribution in [0.2, 0.25) is 0 Å². The Bertz CT molecular complexity index is 611. The van der Waals surface area contributed by atoms with Crippen LogP contribution in [0.15, 0.2) is 36.5 Å². The number of pyridine rings is 1. The summed E-state index contributed by atoms with van der Waals surface area (Å²) in [5, 5.41) is 0. The molecule has 0 saturated heterocycles. The number of nitrogens with zero attached hydrogens (tertiary/aromatic N) is 1. The number of nitrogen functional groups attached to an aromatic ring is 1. The molecule has 0 saturated carbocycles. The fourth-order valence-electron chi connectivity index (χ4n) is 1.72. The maximum atomic E-state index is 11.2. The number of hydrogen-bond donors (Lipinski definition) is 2. The summed E-state index contributed by atoms with van der Waals surface area (Å²) in [7, 11) is 0. The standard InChI is InChI=1S/C14H15N3O2/c1-2-9-5-3-4-6-12(9)19-13-7-10(14(16)18)11(15)8-17-13/h3-8H,2,15H2,1H3,(H2,16,18). The molecule has 0 aliphatic carbocycles. The normalized spacial score (nSPS) is 10.2. The smallest absolute Gasteiger partial charge is 0.251 e. The van der Waals surface area contributed by atoms with Gasteiger partial charge in [-0.2, -0.15) is 0 Å². The van der Waals surface area contributed by atoms with Crippen LogP contribution < -0.4 is 16.2 Å². The number of rotatable bonds is 4. The Morgan fingerprint density at radius 3 is 2.79 bits per heavy atom. The monoisotopic (exact) mass is 257 g/mol. The van der Waals surface area contributed by atoms with Gasteiger partial charge < -0.3 is 16.2 Å². The zero-order chi connectivity index (χ0) is 13.8. The molecule has 5 nitrogen and oxygen atoms in total. The molecule has 5 heteroatoms. The van der Waals surface area contributed by atoms with E-state index in [1.807, 2.05) is 31.2 Å². The molecule has 0 fully saturated rings. The lowest BCUT2D eigenvalue weighted by Gasteiger charge is -2.10. The van der Waals surface area contributed by atoms with E-state index in [0.717, 1.165) is 12.0 Å². The van der Waals surface area contributed by atoms with E-state index in [0.29, 0.717) is 11.6 Å². The van der Waals surface area contributed by atoms with Gasteiger partial charge in [-0.05, 0) is 18.1 Å². The second kappa shape index (κ2) is 5.39. The number of nitrogens with two attached hydrogens (primary N) is 2. The van der Waals surface area contributed by atoms with Crippen LogP contribution in [-0.2, 0) is 6.42 Å². The summed E-state index contributed by atoms with van der Waals surface area (Å²) in [6.07, 6.45) is 2.21. The Morgan fingerprint density at radius 1 is 1.37 bits per heavy atom. The van der Waals surface area contributed by atoms with Crippen molar-refractivity contribution < 1.29 is 9.53 Å². The van der Waals surface area contributed by atoms with E-state index in [1.54, 1.807) is 0 Å². The summed E-state index contributed by atoms with van der Waals surface area (Å²) < 4.78 is 5.67. The molecule has 0 bridgehead atoms. The second-order valence-electron chi connectivity index (χ2n) is 4.04. The van der Waals surface area contributed by atoms with Gasteiger partial charge in [0.15, 0.2) is 0 Å². The minimum Gasteiger partial charge on any atom is -0.439 e. The summed E-state index contributed by atoms with van der Waals surface area (Å²) >= 11 is 0. The summed E-state index contributed by atoms with van der Waals surface area (Å²) in [6, 6.07) is 9.09. The molecule has 0 aliphatic rings. The van der Waals surface area contributed by atoms with Gasteiger partial charge in [-0.25, -0.2) is 4.98 Å². The number of amides is 1. The molecule has 4 N–H and O–H groups in total. The summed E-state index contributed by atoms with van der Waals surface area (Å²) in [5.74, 6) is 0.398. The molecule has 1 aromatic carbocycles. The first-order chi connectivity index (χ1) is 9.11. The number of carbonyl (C=O) groups excluding carboxylic acids is 1. The number of anilines is 1. The number of primary amides is 1. The van der Waals surface area contributed by atoms with Crippen molar-refractivity contribution in [2.24, 2.45) is 5.73 Å². The van der Waals surface area contributed by atoms with Crippen LogP contribution in [0.5, 0.6) is 11.6 Å². The molecule has 1 aromatic heterocycles. The van der Waals surface area contributed by atoms with Crippen LogP contribution in [0.3, 0.4) is 0 Å². The highest BCUT2D eigenvalue weighted by atomic mass is 16.5. The van der Waals surface area contributed by atoms with Crippen molar-refractivity contribution in [2.45, 2.75) is 13.3 Å². The van der Waals surface area contributed by atoms with Gasteiger partial charge in [0.25, 0.3) is 5.91 Å². The largest absolute Gasteiger partial charge is 0.439 e. The van der Waals surface area contributed by atoms with E-state index >= 15 is 0 Å². The van der Waals surface area contributed by atoms with Gasteiger partial charge in [-0.1, -0.05) is 25.1 Å². The Kier molecular flexibility index (Phi) is 3.66. The topological polar surface area (TPSA) is 91.2 Å². The molecule has 19 heavy (non-hydrogen) atoms. The molecule has 2 aromatic rings. The van der Waals surface area contributed by atoms with Gasteiger partial charge in [0.2, 0.25) is 5.88 Å².